The third-order valence-electron chi connectivity index (χ3n) is 3.55. The van der Waals surface area contributed by atoms with Crippen molar-refractivity contribution in [2.75, 3.05) is 11.1 Å². The fraction of sp³-hybridized carbons (Fsp3) is 0.263. The molecule has 4 nitrogen and oxygen atoms in total. The second-order valence-electron chi connectivity index (χ2n) is 5.67. The first kappa shape index (κ1) is 18.1. The van der Waals surface area contributed by atoms with Crippen molar-refractivity contribution >= 4 is 29.3 Å². The average molecular weight is 343 g/mol. The van der Waals surface area contributed by atoms with E-state index in [-0.39, 0.29) is 12.3 Å². The van der Waals surface area contributed by atoms with Crippen LogP contribution in [0.4, 0.5) is 5.69 Å². The molecule has 2 aromatic carbocycles. The summed E-state index contributed by atoms with van der Waals surface area (Å²) in [4.78, 5) is 23.0. The molecule has 1 amide bonds. The number of thioether (sulfide) groups is 1. The number of carboxylic acid groups (broad SMARTS) is 1. The molecule has 0 spiro atoms. The van der Waals surface area contributed by atoms with Crippen LogP contribution >= 0.6 is 11.8 Å². The van der Waals surface area contributed by atoms with Crippen LogP contribution in [-0.2, 0) is 10.5 Å². The zero-order chi connectivity index (χ0) is 17.5. The van der Waals surface area contributed by atoms with E-state index in [0.29, 0.717) is 11.3 Å². The Bertz CT molecular complexity index is 743. The standard InChI is InChI=1S/C19H21NO3S/c1-13-6-7-14(2)17(10-13)19(23)20-16-5-3-4-15(11-16)12-24-9-8-18(21)22/h3-7,10-11H,8-9,12H2,1-2H3,(H,20,23)(H,21,22). The molecule has 24 heavy (non-hydrogen) atoms. The number of hydrogen-bond donors (Lipinski definition) is 2. The van der Waals surface area contributed by atoms with Gasteiger partial charge in [0.15, 0.2) is 0 Å². The summed E-state index contributed by atoms with van der Waals surface area (Å²) in [6.07, 6.45) is 0.160. The maximum atomic E-state index is 12.5. The van der Waals surface area contributed by atoms with E-state index in [9.17, 15) is 9.59 Å². The molecule has 2 rings (SSSR count). The number of aliphatic carboxylic acids is 1. The summed E-state index contributed by atoms with van der Waals surface area (Å²) < 4.78 is 0. The minimum atomic E-state index is -0.781. The van der Waals surface area contributed by atoms with E-state index in [1.54, 1.807) is 11.8 Å². The Morgan fingerprint density at radius 3 is 2.67 bits per heavy atom. The molecule has 0 unspecified atom stereocenters. The van der Waals surface area contributed by atoms with Gasteiger partial charge in [-0.3, -0.25) is 9.59 Å². The molecule has 0 heterocycles. The number of amides is 1. The van der Waals surface area contributed by atoms with Gasteiger partial charge in [-0.15, -0.1) is 0 Å². The maximum absolute atomic E-state index is 12.5. The molecule has 0 aliphatic carbocycles. The summed E-state index contributed by atoms with van der Waals surface area (Å²) in [7, 11) is 0. The van der Waals surface area contributed by atoms with Gasteiger partial charge in [-0.2, -0.15) is 11.8 Å². The largest absolute Gasteiger partial charge is 0.481 e. The SMILES string of the molecule is Cc1ccc(C)c(C(=O)Nc2cccc(CSCCC(=O)O)c2)c1. The van der Waals surface area contributed by atoms with Crippen molar-refractivity contribution in [3.05, 3.63) is 64.7 Å². The maximum Gasteiger partial charge on any atom is 0.304 e. The number of anilines is 1. The van der Waals surface area contributed by atoms with Crippen molar-refractivity contribution in [3.8, 4) is 0 Å². The molecule has 2 aromatic rings. The van der Waals surface area contributed by atoms with Crippen LogP contribution in [0, 0.1) is 13.8 Å². The minimum Gasteiger partial charge on any atom is -0.481 e. The molecule has 2 N–H and O–H groups in total. The number of carbonyl (C=O) groups is 2. The highest BCUT2D eigenvalue weighted by molar-refractivity contribution is 7.98. The molecule has 0 fully saturated rings. The van der Waals surface area contributed by atoms with Crippen LogP contribution in [0.2, 0.25) is 0 Å². The van der Waals surface area contributed by atoms with Crippen LogP contribution in [0.3, 0.4) is 0 Å². The van der Waals surface area contributed by atoms with Gasteiger partial charge in [0.2, 0.25) is 0 Å². The lowest BCUT2D eigenvalue weighted by Gasteiger charge is -2.10. The molecule has 0 radical (unpaired) electrons. The summed E-state index contributed by atoms with van der Waals surface area (Å²) in [5, 5.41) is 11.6. The molecular formula is C19H21NO3S. The topological polar surface area (TPSA) is 66.4 Å². The normalized spacial score (nSPS) is 10.4. The Hall–Kier alpha value is -2.27. The van der Waals surface area contributed by atoms with Gasteiger partial charge in [0.05, 0.1) is 6.42 Å². The highest BCUT2D eigenvalue weighted by Gasteiger charge is 2.10. The number of carbonyl (C=O) groups excluding carboxylic acids is 1. The molecule has 0 aliphatic rings. The van der Waals surface area contributed by atoms with Crippen molar-refractivity contribution in [3.63, 3.8) is 0 Å². The molecule has 0 bridgehead atoms. The van der Waals surface area contributed by atoms with E-state index in [4.69, 9.17) is 5.11 Å². The lowest BCUT2D eigenvalue weighted by molar-refractivity contribution is -0.136. The van der Waals surface area contributed by atoms with Crippen molar-refractivity contribution < 1.29 is 14.7 Å². The van der Waals surface area contributed by atoms with Crippen molar-refractivity contribution in [2.24, 2.45) is 0 Å². The third-order valence-corrected chi connectivity index (χ3v) is 4.58. The number of hydrogen-bond acceptors (Lipinski definition) is 3. The van der Waals surface area contributed by atoms with Gasteiger partial charge in [-0.25, -0.2) is 0 Å². The molecule has 0 saturated heterocycles. The van der Waals surface area contributed by atoms with E-state index in [1.165, 1.54) is 0 Å². The predicted octanol–water partition coefficient (Wildman–Crippen LogP) is 4.26. The van der Waals surface area contributed by atoms with Gasteiger partial charge in [-0.1, -0.05) is 29.8 Å². The smallest absolute Gasteiger partial charge is 0.304 e. The van der Waals surface area contributed by atoms with Crippen LogP contribution in [0.5, 0.6) is 0 Å². The number of aryl methyl sites for hydroxylation is 2. The quantitative estimate of drug-likeness (QED) is 0.737. The van der Waals surface area contributed by atoms with Crippen molar-refractivity contribution in [1.82, 2.24) is 0 Å². The van der Waals surface area contributed by atoms with E-state index < -0.39 is 5.97 Å². The summed E-state index contributed by atoms with van der Waals surface area (Å²) in [5.41, 5.74) is 4.48. The van der Waals surface area contributed by atoms with Gasteiger partial charge < -0.3 is 10.4 Å². The van der Waals surface area contributed by atoms with E-state index in [0.717, 1.165) is 28.1 Å². The van der Waals surface area contributed by atoms with Crippen LogP contribution in [0.1, 0.15) is 33.5 Å². The Labute approximate surface area is 146 Å². The minimum absolute atomic E-state index is 0.119. The zero-order valence-corrected chi connectivity index (χ0v) is 14.7. The molecular weight excluding hydrogens is 322 g/mol. The fourth-order valence-electron chi connectivity index (χ4n) is 2.27. The zero-order valence-electron chi connectivity index (χ0n) is 13.8. The van der Waals surface area contributed by atoms with Gasteiger partial charge in [0.1, 0.15) is 0 Å². The second-order valence-corrected chi connectivity index (χ2v) is 6.77. The van der Waals surface area contributed by atoms with Crippen molar-refractivity contribution in [2.45, 2.75) is 26.0 Å². The first-order chi connectivity index (χ1) is 11.5. The van der Waals surface area contributed by atoms with Gasteiger partial charge >= 0.3 is 5.97 Å². The third kappa shape index (κ3) is 5.42. The van der Waals surface area contributed by atoms with E-state index in [1.807, 2.05) is 56.3 Å². The second kappa shape index (κ2) is 8.55. The molecule has 126 valence electrons. The molecule has 0 atom stereocenters. The molecule has 5 heteroatoms. The Morgan fingerprint density at radius 2 is 1.92 bits per heavy atom. The molecule has 0 saturated carbocycles. The Morgan fingerprint density at radius 1 is 1.12 bits per heavy atom. The van der Waals surface area contributed by atoms with Crippen LogP contribution in [-0.4, -0.2) is 22.7 Å². The molecule has 0 aliphatic heterocycles. The first-order valence-corrected chi connectivity index (χ1v) is 8.88. The van der Waals surface area contributed by atoms with Gasteiger partial charge in [0.25, 0.3) is 5.91 Å². The van der Waals surface area contributed by atoms with Crippen molar-refractivity contribution in [1.29, 1.82) is 0 Å². The lowest BCUT2D eigenvalue weighted by atomic mass is 10.0. The highest BCUT2D eigenvalue weighted by atomic mass is 32.2. The highest BCUT2D eigenvalue weighted by Crippen LogP contribution is 2.19. The Balaban J connectivity index is 1.99. The first-order valence-electron chi connectivity index (χ1n) is 7.73. The van der Waals surface area contributed by atoms with Crippen LogP contribution < -0.4 is 5.32 Å². The van der Waals surface area contributed by atoms with Crippen LogP contribution in [0.25, 0.3) is 0 Å². The number of carboxylic acids is 1. The Kier molecular flexibility index (Phi) is 6.44. The average Bonchev–Trinajstić information content (AvgIpc) is 2.54. The van der Waals surface area contributed by atoms with E-state index >= 15 is 0 Å². The number of nitrogens with one attached hydrogen (secondary N) is 1. The fourth-order valence-corrected chi connectivity index (χ4v) is 3.15. The van der Waals surface area contributed by atoms with Crippen LogP contribution in [0.15, 0.2) is 42.5 Å². The summed E-state index contributed by atoms with van der Waals surface area (Å²) in [6.45, 7) is 3.88. The lowest BCUT2D eigenvalue weighted by Crippen LogP contribution is -2.13. The molecule has 0 aromatic heterocycles. The van der Waals surface area contributed by atoms with E-state index in [2.05, 4.69) is 5.32 Å². The monoisotopic (exact) mass is 343 g/mol. The summed E-state index contributed by atoms with van der Waals surface area (Å²) in [6, 6.07) is 13.5. The van der Waals surface area contributed by atoms with Gasteiger partial charge in [-0.05, 0) is 43.2 Å². The predicted molar refractivity (Wildman–Crippen MR) is 98.7 cm³/mol. The summed E-state index contributed by atoms with van der Waals surface area (Å²) >= 11 is 1.57. The number of rotatable bonds is 7. The number of benzene rings is 2. The van der Waals surface area contributed by atoms with Gasteiger partial charge in [0, 0.05) is 22.8 Å². The summed E-state index contributed by atoms with van der Waals surface area (Å²) in [5.74, 6) is 0.401.